The van der Waals surface area contributed by atoms with Gasteiger partial charge in [-0.1, -0.05) is 6.92 Å². The molecule has 68 valence electrons. The summed E-state index contributed by atoms with van der Waals surface area (Å²) in [4.78, 5) is 13.8. The molecule has 0 aliphatic carbocycles. The van der Waals surface area contributed by atoms with Gasteiger partial charge in [0.1, 0.15) is 0 Å². The van der Waals surface area contributed by atoms with Gasteiger partial charge in [-0.3, -0.25) is 4.79 Å². The number of carbonyl (C=O) groups excluding carboxylic acids is 1. The van der Waals surface area contributed by atoms with Crippen LogP contribution in [0.5, 0.6) is 0 Å². The molecule has 2 aliphatic rings. The Morgan fingerprint density at radius 3 is 2.75 bits per heavy atom. The van der Waals surface area contributed by atoms with E-state index in [0.29, 0.717) is 18.0 Å². The summed E-state index contributed by atoms with van der Waals surface area (Å²) < 4.78 is 0. The number of amides is 1. The third-order valence-corrected chi connectivity index (χ3v) is 3.33. The molecule has 0 saturated carbocycles. The molecule has 3 atom stereocenters. The van der Waals surface area contributed by atoms with Crippen LogP contribution < -0.4 is 0 Å². The molecule has 0 aromatic rings. The first-order valence-corrected chi connectivity index (χ1v) is 5.02. The highest BCUT2D eigenvalue weighted by Gasteiger charge is 2.40. The van der Waals surface area contributed by atoms with Crippen LogP contribution in [0.25, 0.3) is 0 Å². The summed E-state index contributed by atoms with van der Waals surface area (Å²) in [5, 5.41) is 0. The average Bonchev–Trinajstić information content (AvgIpc) is 2.29. The number of carbonyl (C=O) groups is 1. The molecule has 2 rings (SSSR count). The molecule has 1 amide bonds. The van der Waals surface area contributed by atoms with Crippen molar-refractivity contribution >= 4 is 5.91 Å². The van der Waals surface area contributed by atoms with Crippen LogP contribution in [0.1, 0.15) is 39.5 Å². The maximum atomic E-state index is 11.7. The molecule has 0 bridgehead atoms. The van der Waals surface area contributed by atoms with Crippen molar-refractivity contribution < 1.29 is 4.79 Å². The predicted octanol–water partition coefficient (Wildman–Crippen LogP) is 1.80. The molecule has 0 spiro atoms. The van der Waals surface area contributed by atoms with E-state index >= 15 is 0 Å². The van der Waals surface area contributed by atoms with Crippen LogP contribution in [0.2, 0.25) is 0 Å². The van der Waals surface area contributed by atoms with E-state index in [1.54, 1.807) is 0 Å². The molecule has 0 unspecified atom stereocenters. The van der Waals surface area contributed by atoms with E-state index in [-0.39, 0.29) is 5.92 Å². The Morgan fingerprint density at radius 2 is 2.08 bits per heavy atom. The zero-order valence-corrected chi connectivity index (χ0v) is 7.92. The maximum Gasteiger partial charge on any atom is 0.225 e. The Labute approximate surface area is 73.9 Å². The van der Waals surface area contributed by atoms with E-state index in [4.69, 9.17) is 0 Å². The van der Waals surface area contributed by atoms with Crippen LogP contribution in [0.15, 0.2) is 0 Å². The second-order valence-corrected chi connectivity index (χ2v) is 4.32. The summed E-state index contributed by atoms with van der Waals surface area (Å²) >= 11 is 0. The standard InChI is InChI=1S/C10H17NO/c1-7-6-9-5-3-4-8(2)11(9)10(7)12/h7-9H,3-6H2,1-2H3/t7-,8+,9+/m0/s1. The summed E-state index contributed by atoms with van der Waals surface area (Å²) in [6.07, 6.45) is 4.85. The molecule has 2 aliphatic heterocycles. The first-order valence-electron chi connectivity index (χ1n) is 5.02. The van der Waals surface area contributed by atoms with Crippen molar-refractivity contribution in [3.8, 4) is 0 Å². The normalized spacial score (nSPS) is 41.7. The molecule has 2 fully saturated rings. The highest BCUT2D eigenvalue weighted by Crippen LogP contribution is 2.34. The van der Waals surface area contributed by atoms with Crippen LogP contribution in [0, 0.1) is 5.92 Å². The minimum Gasteiger partial charge on any atom is -0.337 e. The van der Waals surface area contributed by atoms with Gasteiger partial charge in [0, 0.05) is 18.0 Å². The first-order chi connectivity index (χ1) is 5.70. The quantitative estimate of drug-likeness (QED) is 0.538. The molecule has 0 N–H and O–H groups in total. The number of hydrogen-bond acceptors (Lipinski definition) is 1. The predicted molar refractivity (Wildman–Crippen MR) is 47.7 cm³/mol. The summed E-state index contributed by atoms with van der Waals surface area (Å²) in [6, 6.07) is 1.08. The Bertz CT molecular complexity index is 202. The number of rotatable bonds is 0. The SMILES string of the molecule is C[C@@H]1CCC[C@@H]2C[C@H](C)C(=O)N21. The maximum absolute atomic E-state index is 11.7. The Morgan fingerprint density at radius 1 is 1.33 bits per heavy atom. The van der Waals surface area contributed by atoms with E-state index in [0.717, 1.165) is 6.42 Å². The molecular weight excluding hydrogens is 150 g/mol. The molecule has 0 aromatic heterocycles. The van der Waals surface area contributed by atoms with Gasteiger partial charge in [-0.2, -0.15) is 0 Å². The van der Waals surface area contributed by atoms with Crippen molar-refractivity contribution in [3.63, 3.8) is 0 Å². The highest BCUT2D eigenvalue weighted by molar-refractivity contribution is 5.81. The monoisotopic (exact) mass is 167 g/mol. The van der Waals surface area contributed by atoms with E-state index < -0.39 is 0 Å². The van der Waals surface area contributed by atoms with Crippen LogP contribution in [0.3, 0.4) is 0 Å². The number of piperidine rings is 1. The van der Waals surface area contributed by atoms with Crippen molar-refractivity contribution in [2.45, 2.75) is 51.6 Å². The smallest absolute Gasteiger partial charge is 0.225 e. The van der Waals surface area contributed by atoms with Crippen LogP contribution in [-0.2, 0) is 4.79 Å². The van der Waals surface area contributed by atoms with Gasteiger partial charge < -0.3 is 4.90 Å². The lowest BCUT2D eigenvalue weighted by molar-refractivity contribution is -0.134. The van der Waals surface area contributed by atoms with Gasteiger partial charge >= 0.3 is 0 Å². The molecule has 2 heteroatoms. The number of fused-ring (bicyclic) bond motifs is 1. The van der Waals surface area contributed by atoms with Gasteiger partial charge in [-0.25, -0.2) is 0 Å². The number of nitrogens with zero attached hydrogens (tertiary/aromatic N) is 1. The minimum absolute atomic E-state index is 0.288. The van der Waals surface area contributed by atoms with Gasteiger partial charge in [-0.15, -0.1) is 0 Å². The van der Waals surface area contributed by atoms with Gasteiger partial charge in [0.2, 0.25) is 5.91 Å². The van der Waals surface area contributed by atoms with Crippen molar-refractivity contribution in [2.24, 2.45) is 5.92 Å². The third kappa shape index (κ3) is 1.05. The largest absolute Gasteiger partial charge is 0.337 e. The fraction of sp³-hybridized carbons (Fsp3) is 0.900. The Hall–Kier alpha value is -0.530. The molecule has 0 aromatic carbocycles. The number of hydrogen-bond donors (Lipinski definition) is 0. The molecular formula is C10H17NO. The zero-order chi connectivity index (χ0) is 8.72. The van der Waals surface area contributed by atoms with Gasteiger partial charge in [0.05, 0.1) is 0 Å². The highest BCUT2D eigenvalue weighted by atomic mass is 16.2. The van der Waals surface area contributed by atoms with Crippen LogP contribution in [-0.4, -0.2) is 22.9 Å². The molecule has 2 saturated heterocycles. The van der Waals surface area contributed by atoms with E-state index in [9.17, 15) is 4.79 Å². The van der Waals surface area contributed by atoms with Crippen LogP contribution in [0.4, 0.5) is 0 Å². The van der Waals surface area contributed by atoms with Gasteiger partial charge in [0.15, 0.2) is 0 Å². The molecule has 0 radical (unpaired) electrons. The van der Waals surface area contributed by atoms with Crippen molar-refractivity contribution in [2.75, 3.05) is 0 Å². The minimum atomic E-state index is 0.288. The lowest BCUT2D eigenvalue weighted by atomic mass is 9.97. The second kappa shape index (κ2) is 2.75. The van der Waals surface area contributed by atoms with Crippen molar-refractivity contribution in [1.29, 1.82) is 0 Å². The van der Waals surface area contributed by atoms with Gasteiger partial charge in [-0.05, 0) is 32.6 Å². The first kappa shape index (κ1) is 8.09. The fourth-order valence-electron chi connectivity index (χ4n) is 2.68. The summed E-state index contributed by atoms with van der Waals surface area (Å²) in [5.41, 5.74) is 0. The van der Waals surface area contributed by atoms with Gasteiger partial charge in [0.25, 0.3) is 0 Å². The molecule has 12 heavy (non-hydrogen) atoms. The fourth-order valence-corrected chi connectivity index (χ4v) is 2.68. The van der Waals surface area contributed by atoms with Crippen molar-refractivity contribution in [3.05, 3.63) is 0 Å². The van der Waals surface area contributed by atoms with Crippen molar-refractivity contribution in [1.82, 2.24) is 4.90 Å². The average molecular weight is 167 g/mol. The second-order valence-electron chi connectivity index (χ2n) is 4.32. The van der Waals surface area contributed by atoms with Crippen LogP contribution >= 0.6 is 0 Å². The molecule has 2 nitrogen and oxygen atoms in total. The van der Waals surface area contributed by atoms with E-state index in [1.807, 2.05) is 0 Å². The summed E-state index contributed by atoms with van der Waals surface area (Å²) in [5.74, 6) is 0.683. The lowest BCUT2D eigenvalue weighted by Gasteiger charge is -2.35. The summed E-state index contributed by atoms with van der Waals surface area (Å²) in [6.45, 7) is 4.25. The van der Waals surface area contributed by atoms with E-state index in [2.05, 4.69) is 18.7 Å². The Balaban J connectivity index is 2.17. The zero-order valence-electron chi connectivity index (χ0n) is 7.92. The topological polar surface area (TPSA) is 20.3 Å². The summed E-state index contributed by atoms with van der Waals surface area (Å²) in [7, 11) is 0. The van der Waals surface area contributed by atoms with E-state index in [1.165, 1.54) is 19.3 Å². The Kier molecular flexibility index (Phi) is 1.85. The lowest BCUT2D eigenvalue weighted by Crippen LogP contribution is -2.43. The third-order valence-electron chi connectivity index (χ3n) is 3.33. The molecule has 2 heterocycles.